The van der Waals surface area contributed by atoms with Gasteiger partial charge >= 0.3 is 5.97 Å². The molecule has 0 saturated carbocycles. The van der Waals surface area contributed by atoms with Gasteiger partial charge in [-0.3, -0.25) is 0 Å². The van der Waals surface area contributed by atoms with Crippen molar-refractivity contribution in [3.63, 3.8) is 0 Å². The van der Waals surface area contributed by atoms with E-state index in [1.54, 1.807) is 6.92 Å². The van der Waals surface area contributed by atoms with Crippen LogP contribution in [0, 0.1) is 5.92 Å². The van der Waals surface area contributed by atoms with E-state index in [0.29, 0.717) is 18.1 Å². The Kier molecular flexibility index (Phi) is 7.17. The molecule has 0 aliphatic rings. The van der Waals surface area contributed by atoms with Crippen molar-refractivity contribution >= 4 is 5.97 Å². The highest BCUT2D eigenvalue weighted by Gasteiger charge is 2.09. The Labute approximate surface area is 87.3 Å². The van der Waals surface area contributed by atoms with Crippen LogP contribution in [0.25, 0.3) is 0 Å². The molecule has 1 unspecified atom stereocenters. The van der Waals surface area contributed by atoms with Crippen LogP contribution in [0.5, 0.6) is 0 Å². The third-order valence-electron chi connectivity index (χ3n) is 2.34. The van der Waals surface area contributed by atoms with Crippen LogP contribution < -0.4 is 0 Å². The largest absolute Gasteiger partial charge is 0.462 e. The number of unbranched alkanes of at least 4 members (excludes halogenated alkanes) is 1. The van der Waals surface area contributed by atoms with Crippen LogP contribution in [0.3, 0.4) is 0 Å². The average Bonchev–Trinajstić information content (AvgIpc) is 2.17. The van der Waals surface area contributed by atoms with Crippen LogP contribution in [0.15, 0.2) is 12.2 Å². The molecule has 82 valence electrons. The molecule has 0 amide bonds. The second kappa shape index (κ2) is 7.60. The summed E-state index contributed by atoms with van der Waals surface area (Å²) in [6.45, 7) is 10.1. The monoisotopic (exact) mass is 198 g/mol. The van der Waals surface area contributed by atoms with Gasteiger partial charge in [0.1, 0.15) is 0 Å². The second-order valence-corrected chi connectivity index (χ2v) is 3.80. The fourth-order valence-electron chi connectivity index (χ4n) is 1.21. The molecule has 14 heavy (non-hydrogen) atoms. The van der Waals surface area contributed by atoms with Gasteiger partial charge in [-0.15, -0.1) is 0 Å². The highest BCUT2D eigenvalue weighted by molar-refractivity contribution is 5.86. The van der Waals surface area contributed by atoms with Gasteiger partial charge in [-0.25, -0.2) is 4.79 Å². The minimum absolute atomic E-state index is 0.264. The Morgan fingerprint density at radius 3 is 2.50 bits per heavy atom. The molecule has 0 fully saturated rings. The molecule has 0 heterocycles. The van der Waals surface area contributed by atoms with E-state index in [0.717, 1.165) is 12.8 Å². The van der Waals surface area contributed by atoms with Crippen LogP contribution in [-0.4, -0.2) is 12.6 Å². The van der Waals surface area contributed by atoms with Crippen LogP contribution in [0.2, 0.25) is 0 Å². The number of esters is 1. The normalized spacial score (nSPS) is 12.2. The standard InChI is InChI=1S/C12H22O2/c1-5-7-8-11(6-2)9-14-12(13)10(3)4/h11H,3,5-9H2,1-2,4H3. The van der Waals surface area contributed by atoms with Crippen LogP contribution in [0.1, 0.15) is 46.5 Å². The van der Waals surface area contributed by atoms with Crippen LogP contribution in [0.4, 0.5) is 0 Å². The quantitative estimate of drug-likeness (QED) is 0.463. The summed E-state index contributed by atoms with van der Waals surface area (Å²) in [5.41, 5.74) is 0.482. The molecule has 0 aromatic carbocycles. The third-order valence-corrected chi connectivity index (χ3v) is 2.34. The van der Waals surface area contributed by atoms with E-state index < -0.39 is 0 Å². The van der Waals surface area contributed by atoms with Crippen molar-refractivity contribution in [2.75, 3.05) is 6.61 Å². The van der Waals surface area contributed by atoms with Gasteiger partial charge in [0.25, 0.3) is 0 Å². The lowest BCUT2D eigenvalue weighted by atomic mass is 10.0. The van der Waals surface area contributed by atoms with Gasteiger partial charge in [-0.1, -0.05) is 39.7 Å². The maximum atomic E-state index is 11.1. The van der Waals surface area contributed by atoms with E-state index in [9.17, 15) is 4.79 Å². The number of carbonyl (C=O) groups excluding carboxylic acids is 1. The topological polar surface area (TPSA) is 26.3 Å². The molecule has 0 bridgehead atoms. The third kappa shape index (κ3) is 5.79. The molecule has 0 aromatic heterocycles. The van der Waals surface area contributed by atoms with Gasteiger partial charge < -0.3 is 4.74 Å². The summed E-state index contributed by atoms with van der Waals surface area (Å²) in [4.78, 5) is 11.1. The van der Waals surface area contributed by atoms with Crippen molar-refractivity contribution in [2.24, 2.45) is 5.92 Å². The van der Waals surface area contributed by atoms with Crippen molar-refractivity contribution in [1.82, 2.24) is 0 Å². The van der Waals surface area contributed by atoms with E-state index in [2.05, 4.69) is 20.4 Å². The first-order chi connectivity index (χ1) is 6.61. The number of hydrogen-bond acceptors (Lipinski definition) is 2. The highest BCUT2D eigenvalue weighted by atomic mass is 16.5. The molecule has 0 aromatic rings. The Morgan fingerprint density at radius 2 is 2.07 bits per heavy atom. The minimum atomic E-state index is -0.264. The Bertz CT molecular complexity index is 185. The second-order valence-electron chi connectivity index (χ2n) is 3.80. The molecule has 0 radical (unpaired) electrons. The zero-order chi connectivity index (χ0) is 11.0. The Balaban J connectivity index is 3.71. The molecule has 0 spiro atoms. The van der Waals surface area contributed by atoms with Crippen molar-refractivity contribution < 1.29 is 9.53 Å². The molecule has 2 heteroatoms. The number of ether oxygens (including phenoxy) is 1. The van der Waals surface area contributed by atoms with Crippen molar-refractivity contribution in [3.05, 3.63) is 12.2 Å². The Morgan fingerprint density at radius 1 is 1.43 bits per heavy atom. The van der Waals surface area contributed by atoms with Crippen LogP contribution >= 0.6 is 0 Å². The molecule has 0 saturated heterocycles. The first-order valence-corrected chi connectivity index (χ1v) is 5.44. The zero-order valence-electron chi connectivity index (χ0n) is 9.64. The molecule has 2 nitrogen and oxygen atoms in total. The summed E-state index contributed by atoms with van der Waals surface area (Å²) >= 11 is 0. The molecule has 0 N–H and O–H groups in total. The fourth-order valence-corrected chi connectivity index (χ4v) is 1.21. The predicted octanol–water partition coefficient (Wildman–Crippen LogP) is 3.32. The summed E-state index contributed by atoms with van der Waals surface area (Å²) < 4.78 is 5.12. The average molecular weight is 198 g/mol. The van der Waals surface area contributed by atoms with E-state index in [1.807, 2.05) is 0 Å². The van der Waals surface area contributed by atoms with E-state index in [-0.39, 0.29) is 5.97 Å². The molecular formula is C12H22O2. The van der Waals surface area contributed by atoms with Gasteiger partial charge in [0.2, 0.25) is 0 Å². The zero-order valence-corrected chi connectivity index (χ0v) is 9.64. The van der Waals surface area contributed by atoms with E-state index >= 15 is 0 Å². The van der Waals surface area contributed by atoms with Crippen molar-refractivity contribution in [1.29, 1.82) is 0 Å². The lowest BCUT2D eigenvalue weighted by molar-refractivity contribution is -0.140. The lowest BCUT2D eigenvalue weighted by Gasteiger charge is -2.14. The van der Waals surface area contributed by atoms with Gasteiger partial charge in [-0.2, -0.15) is 0 Å². The van der Waals surface area contributed by atoms with Gasteiger partial charge in [0.05, 0.1) is 6.61 Å². The maximum absolute atomic E-state index is 11.1. The minimum Gasteiger partial charge on any atom is -0.462 e. The molecule has 0 aliphatic carbocycles. The van der Waals surface area contributed by atoms with Crippen molar-refractivity contribution in [3.8, 4) is 0 Å². The number of rotatable bonds is 7. The van der Waals surface area contributed by atoms with Gasteiger partial charge in [-0.05, 0) is 19.3 Å². The van der Waals surface area contributed by atoms with Gasteiger partial charge in [0.15, 0.2) is 0 Å². The summed E-state index contributed by atoms with van der Waals surface area (Å²) in [7, 11) is 0. The first-order valence-electron chi connectivity index (χ1n) is 5.44. The summed E-state index contributed by atoms with van der Waals surface area (Å²) in [6.07, 6.45) is 4.63. The maximum Gasteiger partial charge on any atom is 0.333 e. The summed E-state index contributed by atoms with van der Waals surface area (Å²) in [6, 6.07) is 0. The van der Waals surface area contributed by atoms with Crippen molar-refractivity contribution in [2.45, 2.75) is 46.5 Å². The molecule has 0 rings (SSSR count). The fraction of sp³-hybridized carbons (Fsp3) is 0.750. The number of hydrogen-bond donors (Lipinski definition) is 0. The first kappa shape index (κ1) is 13.2. The Hall–Kier alpha value is -0.790. The predicted molar refractivity (Wildman–Crippen MR) is 59.1 cm³/mol. The molecular weight excluding hydrogens is 176 g/mol. The summed E-state index contributed by atoms with van der Waals surface area (Å²) in [5.74, 6) is 0.248. The SMILES string of the molecule is C=C(C)C(=O)OCC(CC)CCCC. The summed E-state index contributed by atoms with van der Waals surface area (Å²) in [5, 5.41) is 0. The van der Waals surface area contributed by atoms with E-state index in [1.165, 1.54) is 12.8 Å². The smallest absolute Gasteiger partial charge is 0.333 e. The molecule has 0 aliphatic heterocycles. The molecule has 1 atom stereocenters. The lowest BCUT2D eigenvalue weighted by Crippen LogP contribution is -2.14. The van der Waals surface area contributed by atoms with Crippen LogP contribution in [-0.2, 0) is 9.53 Å². The number of carbonyl (C=O) groups is 1. The highest BCUT2D eigenvalue weighted by Crippen LogP contribution is 2.13. The van der Waals surface area contributed by atoms with Gasteiger partial charge in [0, 0.05) is 5.57 Å². The van der Waals surface area contributed by atoms with E-state index in [4.69, 9.17) is 4.74 Å².